The van der Waals surface area contributed by atoms with Gasteiger partial charge >= 0.3 is 11.8 Å². The van der Waals surface area contributed by atoms with Crippen molar-refractivity contribution < 1.29 is 24.2 Å². The fourth-order valence-corrected chi connectivity index (χ4v) is 4.65. The molecule has 0 radical (unpaired) electrons. The molecule has 0 bridgehead atoms. The number of quaternary nitrogens is 1. The van der Waals surface area contributed by atoms with Crippen LogP contribution < -0.4 is 10.1 Å². The van der Waals surface area contributed by atoms with Crippen LogP contribution in [0, 0.1) is 12.8 Å². The molecule has 1 aliphatic rings. The van der Waals surface area contributed by atoms with Crippen LogP contribution in [0.2, 0.25) is 0 Å². The number of carbonyl (C=O) groups is 2. The van der Waals surface area contributed by atoms with Crippen molar-refractivity contribution in [1.82, 2.24) is 10.3 Å². The summed E-state index contributed by atoms with van der Waals surface area (Å²) in [6.07, 6.45) is 2.37. The largest absolute Gasteiger partial charge is 0.494 e. The molecule has 1 unspecified atom stereocenters. The van der Waals surface area contributed by atoms with Crippen LogP contribution in [0.5, 0.6) is 5.75 Å². The number of hydrogen-bond acceptors (Lipinski definition) is 5. The highest BCUT2D eigenvalue weighted by atomic mass is 32.1. The molecule has 0 spiro atoms. The van der Waals surface area contributed by atoms with Crippen molar-refractivity contribution in [2.45, 2.75) is 32.2 Å². The monoisotopic (exact) mass is 466 g/mol. The van der Waals surface area contributed by atoms with Gasteiger partial charge in [-0.15, -0.1) is 0 Å². The number of aromatic nitrogens is 1. The number of benzene rings is 2. The van der Waals surface area contributed by atoms with Gasteiger partial charge in [0.05, 0.1) is 18.9 Å². The topological polar surface area (TPSA) is 91.4 Å². The summed E-state index contributed by atoms with van der Waals surface area (Å²) in [5.74, 6) is -0.994. The van der Waals surface area contributed by atoms with Crippen molar-refractivity contribution in [3.63, 3.8) is 0 Å². The number of para-hydroxylation sites is 1. The second-order valence-electron chi connectivity index (χ2n) is 8.46. The Labute approximate surface area is 197 Å². The smallest absolute Gasteiger partial charge is 0.357 e. The Balaban J connectivity index is 1.52. The number of hydroxylamine groups is 3. The van der Waals surface area contributed by atoms with Gasteiger partial charge in [-0.25, -0.2) is 14.8 Å². The summed E-state index contributed by atoms with van der Waals surface area (Å²) in [6, 6.07) is 14.5. The second-order valence-corrected chi connectivity index (χ2v) is 8.90. The molecule has 3 N–H and O–H groups in total. The van der Waals surface area contributed by atoms with Gasteiger partial charge in [0, 0.05) is 30.6 Å². The molecule has 172 valence electrons. The third-order valence-corrected chi connectivity index (χ3v) is 6.81. The number of rotatable bonds is 8. The van der Waals surface area contributed by atoms with Crippen molar-refractivity contribution in [2.75, 3.05) is 13.7 Å². The van der Waals surface area contributed by atoms with Crippen LogP contribution in [0.15, 0.2) is 54.7 Å². The van der Waals surface area contributed by atoms with Crippen molar-refractivity contribution >= 4 is 39.9 Å². The van der Waals surface area contributed by atoms with Crippen LogP contribution in [-0.2, 0) is 16.0 Å². The Kier molecular flexibility index (Phi) is 6.60. The average molecular weight is 467 g/mol. The Morgan fingerprint density at radius 3 is 2.70 bits per heavy atom. The van der Waals surface area contributed by atoms with Crippen LogP contribution in [0.4, 0.5) is 0 Å². The molecule has 2 amide bonds. The third kappa shape index (κ3) is 4.42. The maximum absolute atomic E-state index is 13.3. The van der Waals surface area contributed by atoms with Gasteiger partial charge < -0.3 is 15.0 Å². The van der Waals surface area contributed by atoms with E-state index in [1.165, 1.54) is 0 Å². The van der Waals surface area contributed by atoms with Gasteiger partial charge in [-0.05, 0) is 41.8 Å². The van der Waals surface area contributed by atoms with Gasteiger partial charge in [-0.2, -0.15) is 0 Å². The van der Waals surface area contributed by atoms with E-state index >= 15 is 0 Å². The maximum atomic E-state index is 13.3. The molecule has 3 atom stereocenters. The van der Waals surface area contributed by atoms with E-state index in [0.29, 0.717) is 12.2 Å². The summed E-state index contributed by atoms with van der Waals surface area (Å²) in [5, 5.41) is 15.3. The molecule has 0 saturated carbocycles. The molecule has 1 fully saturated rings. The first-order valence-corrected chi connectivity index (χ1v) is 11.4. The first kappa shape index (κ1) is 23.1. The predicted molar refractivity (Wildman–Crippen MR) is 129 cm³/mol. The quantitative estimate of drug-likeness (QED) is 0.203. The number of likely N-dealkylation sites (tertiary alicyclic amines) is 1. The summed E-state index contributed by atoms with van der Waals surface area (Å²) >= 11 is 5.46. The minimum absolute atomic E-state index is 0.0384. The fourth-order valence-electron chi connectivity index (χ4n) is 4.41. The zero-order valence-electron chi connectivity index (χ0n) is 18.7. The molecular formula is C25H28N3O4S+. The molecule has 8 heteroatoms. The van der Waals surface area contributed by atoms with E-state index in [4.69, 9.17) is 17.0 Å². The maximum Gasteiger partial charge on any atom is 0.357 e. The highest BCUT2D eigenvalue weighted by Crippen LogP contribution is 2.33. The minimum atomic E-state index is -1.31. The van der Waals surface area contributed by atoms with E-state index in [2.05, 4.69) is 10.3 Å². The molecular weight excluding hydrogens is 438 g/mol. The third-order valence-electron chi connectivity index (χ3n) is 6.33. The number of nitrogens with zero attached hydrogens (tertiary/aromatic N) is 1. The van der Waals surface area contributed by atoms with E-state index in [1.807, 2.05) is 61.7 Å². The summed E-state index contributed by atoms with van der Waals surface area (Å²) in [6.45, 7) is 2.27. The molecule has 4 rings (SSSR count). The number of nitrogens with one attached hydrogen (secondary N) is 2. The van der Waals surface area contributed by atoms with Gasteiger partial charge in [0.15, 0.2) is 6.04 Å². The number of likely N-dealkylation sites (N-methyl/N-ethyl adjacent to an activating group) is 1. The predicted octanol–water partition coefficient (Wildman–Crippen LogP) is 3.68. The number of thiocarbonyl (C=S) groups is 1. The molecule has 0 aliphatic carbocycles. The van der Waals surface area contributed by atoms with Crippen molar-refractivity contribution in [3.8, 4) is 5.75 Å². The number of aryl methyl sites for hydroxylation is 1. The van der Waals surface area contributed by atoms with Gasteiger partial charge in [0.25, 0.3) is 0 Å². The lowest BCUT2D eigenvalue weighted by molar-refractivity contribution is -0.983. The number of fused-ring (bicyclic) bond motifs is 1. The molecule has 1 saturated heterocycles. The molecule has 2 heterocycles. The summed E-state index contributed by atoms with van der Waals surface area (Å²) < 4.78 is 4.43. The van der Waals surface area contributed by atoms with Gasteiger partial charge in [-0.1, -0.05) is 48.1 Å². The molecule has 7 nitrogen and oxygen atoms in total. The Morgan fingerprint density at radius 1 is 1.24 bits per heavy atom. The van der Waals surface area contributed by atoms with Crippen LogP contribution >= 0.6 is 12.2 Å². The SMILES string of the molecule is CNC(=S)[C@H](Cc1c[nH]c2ccccc12)[N+]1(O)C(=O)C[C@@H](CCOc2ccc(C)cc2)C1=O. The van der Waals surface area contributed by atoms with Crippen LogP contribution in [0.1, 0.15) is 24.0 Å². The Morgan fingerprint density at radius 2 is 1.97 bits per heavy atom. The number of imide groups is 1. The summed E-state index contributed by atoms with van der Waals surface area (Å²) in [7, 11) is 1.63. The van der Waals surface area contributed by atoms with Gasteiger partial charge in [0.1, 0.15) is 10.7 Å². The lowest BCUT2D eigenvalue weighted by Gasteiger charge is -2.29. The molecule has 33 heavy (non-hydrogen) atoms. The molecule has 2 aromatic carbocycles. The second kappa shape index (κ2) is 9.43. The van der Waals surface area contributed by atoms with E-state index < -0.39 is 28.4 Å². The van der Waals surface area contributed by atoms with Gasteiger partial charge in [0.2, 0.25) is 0 Å². The number of carbonyl (C=O) groups excluding carboxylic acids is 2. The zero-order chi connectivity index (χ0) is 23.6. The fraction of sp³-hybridized carbons (Fsp3) is 0.320. The standard InChI is InChI=1S/C25H27N3O4S/c1-16-7-9-19(10-8-16)32-12-11-17-14-23(29)28(31,25(17)30)22(24(33)26-2)13-18-15-27-21-6-4-3-5-20(18)21/h3-10,15,17,22,27,31H,11-14H2,1-2H3/p+1/t17-,22+,28?/m1/s1. The zero-order valence-corrected chi connectivity index (χ0v) is 19.5. The Bertz CT molecular complexity index is 1190. The normalized spacial score (nSPS) is 21.4. The highest BCUT2D eigenvalue weighted by molar-refractivity contribution is 7.80. The highest BCUT2D eigenvalue weighted by Gasteiger charge is 2.61. The lowest BCUT2D eigenvalue weighted by atomic mass is 10.0. The summed E-state index contributed by atoms with van der Waals surface area (Å²) in [4.78, 5) is 29.8. The molecule has 1 aliphatic heterocycles. The lowest BCUT2D eigenvalue weighted by Crippen LogP contribution is -2.62. The number of H-pyrrole nitrogens is 1. The van der Waals surface area contributed by atoms with Gasteiger partial charge in [-0.3, -0.25) is 0 Å². The first-order chi connectivity index (χ1) is 15.8. The van der Waals surface area contributed by atoms with Crippen LogP contribution in [-0.4, -0.2) is 51.3 Å². The average Bonchev–Trinajstić information content (AvgIpc) is 3.33. The van der Waals surface area contributed by atoms with E-state index in [0.717, 1.165) is 22.0 Å². The first-order valence-electron chi connectivity index (χ1n) is 11.0. The number of amides is 2. The van der Waals surface area contributed by atoms with E-state index in [-0.39, 0.29) is 24.4 Å². The van der Waals surface area contributed by atoms with Crippen molar-refractivity contribution in [3.05, 3.63) is 65.9 Å². The molecule has 1 aromatic heterocycles. The van der Waals surface area contributed by atoms with Crippen LogP contribution in [0.3, 0.4) is 0 Å². The number of aromatic amines is 1. The van der Waals surface area contributed by atoms with E-state index in [1.54, 1.807) is 7.05 Å². The van der Waals surface area contributed by atoms with Crippen molar-refractivity contribution in [2.24, 2.45) is 5.92 Å². The number of hydrogen-bond donors (Lipinski definition) is 3. The van der Waals surface area contributed by atoms with E-state index in [9.17, 15) is 14.8 Å². The number of ether oxygens (including phenoxy) is 1. The van der Waals surface area contributed by atoms with Crippen LogP contribution in [0.25, 0.3) is 10.9 Å². The Hall–Kier alpha value is -3.07. The summed E-state index contributed by atoms with van der Waals surface area (Å²) in [5.41, 5.74) is 2.95. The van der Waals surface area contributed by atoms with Crippen molar-refractivity contribution in [1.29, 1.82) is 0 Å². The molecule has 3 aromatic rings. The minimum Gasteiger partial charge on any atom is -0.494 e.